The molecular weight excluding hydrogens is 325 g/mol. The van der Waals surface area contributed by atoms with Gasteiger partial charge in [0.25, 0.3) is 0 Å². The number of halogens is 3. The molecule has 1 aliphatic rings. The van der Waals surface area contributed by atoms with Crippen LogP contribution in [-0.2, 0) is 14.3 Å². The number of nitrogens with zero attached hydrogens (tertiary/aromatic N) is 1. The molecule has 1 fully saturated rings. The molecule has 24 heavy (non-hydrogen) atoms. The molecule has 2 rings (SSSR count). The van der Waals surface area contributed by atoms with Crippen LogP contribution in [0.5, 0.6) is 0 Å². The second-order valence-electron chi connectivity index (χ2n) is 5.45. The standard InChI is InChI=1S/C16H21F3N2O3/c17-16(18,19)15(13-4-2-1-3-5-13)24-12-14(22)20-6-7-21-8-10-23-11-9-21/h1-5,15H,6-12H2,(H,20,22)/t15-/m0/s1. The number of carbonyl (C=O) groups is 1. The van der Waals surface area contributed by atoms with E-state index in [1.165, 1.54) is 24.3 Å². The van der Waals surface area contributed by atoms with Crippen molar-refractivity contribution in [2.75, 3.05) is 46.0 Å². The second-order valence-corrected chi connectivity index (χ2v) is 5.45. The monoisotopic (exact) mass is 346 g/mol. The Labute approximate surface area is 138 Å². The molecule has 0 spiro atoms. The van der Waals surface area contributed by atoms with Gasteiger partial charge < -0.3 is 14.8 Å². The minimum atomic E-state index is -4.57. The molecule has 0 aliphatic carbocycles. The molecule has 1 aromatic carbocycles. The van der Waals surface area contributed by atoms with Crippen LogP contribution in [0.1, 0.15) is 11.7 Å². The molecule has 5 nitrogen and oxygen atoms in total. The summed E-state index contributed by atoms with van der Waals surface area (Å²) < 4.78 is 49.3. The summed E-state index contributed by atoms with van der Waals surface area (Å²) in [4.78, 5) is 13.8. The highest BCUT2D eigenvalue weighted by atomic mass is 19.4. The first kappa shape index (κ1) is 18.7. The highest BCUT2D eigenvalue weighted by molar-refractivity contribution is 5.77. The summed E-state index contributed by atoms with van der Waals surface area (Å²) in [6.45, 7) is 3.25. The van der Waals surface area contributed by atoms with Crippen LogP contribution in [-0.4, -0.2) is 63.0 Å². The highest BCUT2D eigenvalue weighted by Crippen LogP contribution is 2.35. The Morgan fingerprint density at radius 2 is 1.92 bits per heavy atom. The van der Waals surface area contributed by atoms with E-state index in [0.29, 0.717) is 26.3 Å². The fourth-order valence-electron chi connectivity index (χ4n) is 2.40. The largest absolute Gasteiger partial charge is 0.418 e. The molecule has 1 heterocycles. The predicted molar refractivity (Wildman–Crippen MR) is 81.5 cm³/mol. The van der Waals surface area contributed by atoms with Crippen LogP contribution in [0.2, 0.25) is 0 Å². The van der Waals surface area contributed by atoms with Crippen LogP contribution in [0.4, 0.5) is 13.2 Å². The van der Waals surface area contributed by atoms with Crippen LogP contribution in [0.3, 0.4) is 0 Å². The van der Waals surface area contributed by atoms with Gasteiger partial charge in [0.2, 0.25) is 5.91 Å². The second kappa shape index (κ2) is 9.00. The molecule has 1 aliphatic heterocycles. The zero-order chi connectivity index (χ0) is 17.4. The number of benzene rings is 1. The van der Waals surface area contributed by atoms with Crippen molar-refractivity contribution in [3.8, 4) is 0 Å². The molecule has 1 N–H and O–H groups in total. The van der Waals surface area contributed by atoms with E-state index in [1.807, 2.05) is 0 Å². The molecule has 0 bridgehead atoms. The van der Waals surface area contributed by atoms with Gasteiger partial charge in [0.15, 0.2) is 6.10 Å². The summed E-state index contributed by atoms with van der Waals surface area (Å²) in [5.41, 5.74) is -0.0221. The molecule has 1 amide bonds. The first-order valence-corrected chi connectivity index (χ1v) is 7.77. The summed E-state index contributed by atoms with van der Waals surface area (Å²) >= 11 is 0. The lowest BCUT2D eigenvalue weighted by Gasteiger charge is -2.26. The zero-order valence-corrected chi connectivity index (χ0v) is 13.2. The van der Waals surface area contributed by atoms with Gasteiger partial charge >= 0.3 is 6.18 Å². The molecule has 1 atom stereocenters. The Morgan fingerprint density at radius 3 is 2.54 bits per heavy atom. The fourth-order valence-corrected chi connectivity index (χ4v) is 2.40. The number of morpholine rings is 1. The van der Waals surface area contributed by atoms with Crippen molar-refractivity contribution in [3.63, 3.8) is 0 Å². The molecule has 0 saturated carbocycles. The maximum atomic E-state index is 13.1. The third-order valence-corrected chi connectivity index (χ3v) is 3.63. The molecule has 8 heteroatoms. The molecule has 0 aromatic heterocycles. The van der Waals surface area contributed by atoms with Crippen molar-refractivity contribution in [3.05, 3.63) is 35.9 Å². The van der Waals surface area contributed by atoms with Gasteiger partial charge in [-0.1, -0.05) is 30.3 Å². The van der Waals surface area contributed by atoms with E-state index in [0.717, 1.165) is 13.1 Å². The van der Waals surface area contributed by atoms with Crippen molar-refractivity contribution in [2.24, 2.45) is 0 Å². The van der Waals surface area contributed by atoms with Gasteiger partial charge in [-0.3, -0.25) is 9.69 Å². The van der Waals surface area contributed by atoms with Crippen LogP contribution in [0.25, 0.3) is 0 Å². The number of hydrogen-bond acceptors (Lipinski definition) is 4. The number of amides is 1. The minimum Gasteiger partial charge on any atom is -0.379 e. The summed E-state index contributed by atoms with van der Waals surface area (Å²) in [6, 6.07) is 7.28. The maximum absolute atomic E-state index is 13.1. The van der Waals surface area contributed by atoms with Gasteiger partial charge in [-0.15, -0.1) is 0 Å². The summed E-state index contributed by atoms with van der Waals surface area (Å²) in [5, 5.41) is 2.57. The van der Waals surface area contributed by atoms with E-state index < -0.39 is 24.8 Å². The van der Waals surface area contributed by atoms with E-state index in [-0.39, 0.29) is 5.56 Å². The first-order chi connectivity index (χ1) is 11.5. The fraction of sp³-hybridized carbons (Fsp3) is 0.562. The van der Waals surface area contributed by atoms with Crippen LogP contribution in [0, 0.1) is 0 Å². The van der Waals surface area contributed by atoms with E-state index >= 15 is 0 Å². The van der Waals surface area contributed by atoms with Crippen molar-refractivity contribution in [2.45, 2.75) is 12.3 Å². The summed E-state index contributed by atoms with van der Waals surface area (Å²) in [7, 11) is 0. The van der Waals surface area contributed by atoms with Crippen molar-refractivity contribution in [1.29, 1.82) is 0 Å². The Bertz CT molecular complexity index is 505. The molecular formula is C16H21F3N2O3. The number of hydrogen-bond donors (Lipinski definition) is 1. The lowest BCUT2D eigenvalue weighted by molar-refractivity contribution is -0.223. The predicted octanol–water partition coefficient (Wildman–Crippen LogP) is 1.76. The lowest BCUT2D eigenvalue weighted by Crippen LogP contribution is -2.42. The van der Waals surface area contributed by atoms with Gasteiger partial charge in [-0.2, -0.15) is 13.2 Å². The molecule has 134 valence electrons. The minimum absolute atomic E-state index is 0.0221. The number of alkyl halides is 3. The summed E-state index contributed by atoms with van der Waals surface area (Å²) in [5.74, 6) is -0.562. The summed E-state index contributed by atoms with van der Waals surface area (Å²) in [6.07, 6.45) is -6.68. The van der Waals surface area contributed by atoms with Crippen LogP contribution >= 0.6 is 0 Å². The normalized spacial score (nSPS) is 17.5. The van der Waals surface area contributed by atoms with Gasteiger partial charge in [-0.25, -0.2) is 0 Å². The molecule has 1 aromatic rings. The van der Waals surface area contributed by atoms with Crippen LogP contribution in [0.15, 0.2) is 30.3 Å². The van der Waals surface area contributed by atoms with Gasteiger partial charge in [0.1, 0.15) is 6.61 Å². The SMILES string of the molecule is O=C(CO[C@@H](c1ccccc1)C(F)(F)F)NCCN1CCOCC1. The average Bonchev–Trinajstić information content (AvgIpc) is 2.56. The van der Waals surface area contributed by atoms with Crippen molar-refractivity contribution >= 4 is 5.91 Å². The maximum Gasteiger partial charge on any atom is 0.418 e. The smallest absolute Gasteiger partial charge is 0.379 e. The van der Waals surface area contributed by atoms with Crippen LogP contribution < -0.4 is 5.32 Å². The van der Waals surface area contributed by atoms with Gasteiger partial charge in [0, 0.05) is 26.2 Å². The third kappa shape index (κ3) is 6.10. The molecule has 1 saturated heterocycles. The molecule has 0 radical (unpaired) electrons. The Hall–Kier alpha value is -1.64. The lowest BCUT2D eigenvalue weighted by atomic mass is 10.1. The van der Waals surface area contributed by atoms with Crippen molar-refractivity contribution < 1.29 is 27.4 Å². The highest BCUT2D eigenvalue weighted by Gasteiger charge is 2.42. The van der Waals surface area contributed by atoms with E-state index in [9.17, 15) is 18.0 Å². The first-order valence-electron chi connectivity index (χ1n) is 7.77. The molecule has 0 unspecified atom stereocenters. The van der Waals surface area contributed by atoms with Gasteiger partial charge in [0.05, 0.1) is 13.2 Å². The number of rotatable bonds is 7. The quantitative estimate of drug-likeness (QED) is 0.817. The Morgan fingerprint density at radius 1 is 1.25 bits per heavy atom. The van der Waals surface area contributed by atoms with E-state index in [1.54, 1.807) is 6.07 Å². The van der Waals surface area contributed by atoms with E-state index in [4.69, 9.17) is 9.47 Å². The van der Waals surface area contributed by atoms with Gasteiger partial charge in [-0.05, 0) is 5.56 Å². The Balaban J connectivity index is 1.75. The third-order valence-electron chi connectivity index (χ3n) is 3.63. The number of carbonyl (C=O) groups excluding carboxylic acids is 1. The zero-order valence-electron chi connectivity index (χ0n) is 13.2. The average molecular weight is 346 g/mol. The number of ether oxygens (including phenoxy) is 2. The number of nitrogens with one attached hydrogen (secondary N) is 1. The van der Waals surface area contributed by atoms with E-state index in [2.05, 4.69) is 10.2 Å². The van der Waals surface area contributed by atoms with Crippen molar-refractivity contribution in [1.82, 2.24) is 10.2 Å². The topological polar surface area (TPSA) is 50.8 Å². The Kier molecular flexibility index (Phi) is 7.01.